The maximum atomic E-state index is 5.70. The Balaban J connectivity index is 2.13. The molecule has 2 unspecified atom stereocenters. The van der Waals surface area contributed by atoms with Gasteiger partial charge in [0.25, 0.3) is 0 Å². The zero-order valence-corrected chi connectivity index (χ0v) is 12.7. The summed E-state index contributed by atoms with van der Waals surface area (Å²) in [5.41, 5.74) is 0. The number of ether oxygens (including phenoxy) is 1. The van der Waals surface area contributed by atoms with Crippen LogP contribution in [0.3, 0.4) is 0 Å². The monoisotopic (exact) mass is 255 g/mol. The fraction of sp³-hybridized carbons (Fsp3) is 1.00. The van der Waals surface area contributed by atoms with Crippen LogP contribution in [0.25, 0.3) is 0 Å². The Hall–Kier alpha value is -0.0800. The molecule has 108 valence electrons. The summed E-state index contributed by atoms with van der Waals surface area (Å²) >= 11 is 0. The summed E-state index contributed by atoms with van der Waals surface area (Å²) in [7, 11) is 0. The van der Waals surface area contributed by atoms with Crippen LogP contribution in [0.5, 0.6) is 0 Å². The average Bonchev–Trinajstić information content (AvgIpc) is 2.81. The van der Waals surface area contributed by atoms with Gasteiger partial charge in [-0.3, -0.25) is 0 Å². The summed E-state index contributed by atoms with van der Waals surface area (Å²) in [5.74, 6) is 1.68. The second kappa shape index (κ2) is 9.80. The van der Waals surface area contributed by atoms with Gasteiger partial charge in [-0.25, -0.2) is 0 Å². The molecule has 1 aliphatic rings. The smallest absolute Gasteiger partial charge is 0.0576 e. The minimum atomic E-state index is 0.577. The lowest BCUT2D eigenvalue weighted by Crippen LogP contribution is -2.25. The lowest BCUT2D eigenvalue weighted by molar-refractivity contribution is 0.100. The van der Waals surface area contributed by atoms with Gasteiger partial charge in [-0.1, -0.05) is 27.2 Å². The van der Waals surface area contributed by atoms with Crippen molar-refractivity contribution < 1.29 is 4.74 Å². The number of nitrogens with one attached hydrogen (secondary N) is 1. The van der Waals surface area contributed by atoms with Crippen LogP contribution in [-0.2, 0) is 4.74 Å². The summed E-state index contributed by atoms with van der Waals surface area (Å²) < 4.78 is 5.70. The van der Waals surface area contributed by atoms with Crippen LogP contribution < -0.4 is 5.32 Å². The molecular weight excluding hydrogens is 222 g/mol. The van der Waals surface area contributed by atoms with Gasteiger partial charge in [0.1, 0.15) is 0 Å². The predicted octanol–water partition coefficient (Wildman–Crippen LogP) is 4.00. The van der Waals surface area contributed by atoms with Gasteiger partial charge in [0.15, 0.2) is 0 Å². The summed E-state index contributed by atoms with van der Waals surface area (Å²) in [5, 5.41) is 3.59. The van der Waals surface area contributed by atoms with E-state index in [1.165, 1.54) is 58.0 Å². The number of hydrogen-bond donors (Lipinski definition) is 1. The molecule has 0 aliphatic carbocycles. The van der Waals surface area contributed by atoms with Gasteiger partial charge in [0.2, 0.25) is 0 Å². The maximum absolute atomic E-state index is 5.70. The van der Waals surface area contributed by atoms with E-state index in [1.807, 2.05) is 0 Å². The van der Waals surface area contributed by atoms with Crippen molar-refractivity contribution in [2.24, 2.45) is 11.8 Å². The van der Waals surface area contributed by atoms with Gasteiger partial charge >= 0.3 is 0 Å². The highest BCUT2D eigenvalue weighted by Crippen LogP contribution is 2.22. The van der Waals surface area contributed by atoms with Crippen LogP contribution in [0.2, 0.25) is 0 Å². The molecule has 1 rings (SSSR count). The highest BCUT2D eigenvalue weighted by molar-refractivity contribution is 4.69. The molecule has 1 saturated heterocycles. The normalized spacial score (nSPS) is 21.7. The van der Waals surface area contributed by atoms with Crippen molar-refractivity contribution in [1.29, 1.82) is 0 Å². The molecule has 2 atom stereocenters. The topological polar surface area (TPSA) is 21.3 Å². The third-order valence-corrected chi connectivity index (χ3v) is 3.83. The molecule has 0 saturated carbocycles. The highest BCUT2D eigenvalue weighted by atomic mass is 16.5. The zero-order chi connectivity index (χ0) is 13.2. The van der Waals surface area contributed by atoms with E-state index in [9.17, 15) is 0 Å². The molecule has 0 spiro atoms. The predicted molar refractivity (Wildman–Crippen MR) is 78.9 cm³/mol. The minimum Gasteiger partial charge on any atom is -0.378 e. The summed E-state index contributed by atoms with van der Waals surface area (Å²) in [6.07, 6.45) is 9.74. The first-order valence-corrected chi connectivity index (χ1v) is 8.04. The van der Waals surface area contributed by atoms with Crippen molar-refractivity contribution in [3.05, 3.63) is 0 Å². The minimum absolute atomic E-state index is 0.577. The number of rotatable bonds is 10. The van der Waals surface area contributed by atoms with E-state index >= 15 is 0 Å². The molecule has 1 fully saturated rings. The quantitative estimate of drug-likeness (QED) is 0.596. The molecule has 0 aromatic heterocycles. The van der Waals surface area contributed by atoms with E-state index in [1.54, 1.807) is 0 Å². The van der Waals surface area contributed by atoms with Gasteiger partial charge in [0.05, 0.1) is 6.10 Å². The number of hydrogen-bond acceptors (Lipinski definition) is 2. The van der Waals surface area contributed by atoms with Gasteiger partial charge in [-0.15, -0.1) is 0 Å². The Kier molecular flexibility index (Phi) is 8.70. The van der Waals surface area contributed by atoms with Crippen molar-refractivity contribution >= 4 is 0 Å². The average molecular weight is 255 g/mol. The first-order valence-electron chi connectivity index (χ1n) is 8.04. The lowest BCUT2D eigenvalue weighted by atomic mass is 9.91. The molecule has 1 aliphatic heterocycles. The second-order valence-corrected chi connectivity index (χ2v) is 6.27. The van der Waals surface area contributed by atoms with Crippen LogP contribution in [0, 0.1) is 11.8 Å². The highest BCUT2D eigenvalue weighted by Gasteiger charge is 2.16. The Morgan fingerprint density at radius 1 is 1.33 bits per heavy atom. The first kappa shape index (κ1) is 16.0. The molecule has 0 aromatic carbocycles. The molecule has 1 N–H and O–H groups in total. The van der Waals surface area contributed by atoms with Crippen molar-refractivity contribution in [3.63, 3.8) is 0 Å². The molecule has 0 amide bonds. The van der Waals surface area contributed by atoms with Crippen LogP contribution in [0.4, 0.5) is 0 Å². The van der Waals surface area contributed by atoms with E-state index in [2.05, 4.69) is 26.1 Å². The van der Waals surface area contributed by atoms with Gasteiger partial charge in [0, 0.05) is 6.61 Å². The standard InChI is InChI=1S/C16H33NO/c1-4-10-17-13-15(12-14(2)3)7-5-8-16-9-6-11-18-16/h14-17H,4-13H2,1-3H3. The molecule has 0 radical (unpaired) electrons. The van der Waals surface area contributed by atoms with E-state index in [4.69, 9.17) is 4.74 Å². The Morgan fingerprint density at radius 3 is 2.78 bits per heavy atom. The Bertz CT molecular complexity index is 188. The van der Waals surface area contributed by atoms with E-state index in [-0.39, 0.29) is 0 Å². The zero-order valence-electron chi connectivity index (χ0n) is 12.7. The maximum Gasteiger partial charge on any atom is 0.0576 e. The van der Waals surface area contributed by atoms with Gasteiger partial charge < -0.3 is 10.1 Å². The van der Waals surface area contributed by atoms with Crippen LogP contribution in [0.1, 0.15) is 65.7 Å². The van der Waals surface area contributed by atoms with Crippen molar-refractivity contribution in [2.75, 3.05) is 19.7 Å². The van der Waals surface area contributed by atoms with E-state index in [0.29, 0.717) is 6.10 Å². The molecular formula is C16H33NO. The van der Waals surface area contributed by atoms with Crippen LogP contribution in [-0.4, -0.2) is 25.8 Å². The van der Waals surface area contributed by atoms with Crippen molar-refractivity contribution in [2.45, 2.75) is 71.8 Å². The summed E-state index contributed by atoms with van der Waals surface area (Å²) in [4.78, 5) is 0. The molecule has 0 aromatic rings. The van der Waals surface area contributed by atoms with Crippen LogP contribution in [0.15, 0.2) is 0 Å². The fourth-order valence-electron chi connectivity index (χ4n) is 2.96. The lowest BCUT2D eigenvalue weighted by Gasteiger charge is -2.20. The van der Waals surface area contributed by atoms with E-state index in [0.717, 1.165) is 18.4 Å². The SMILES string of the molecule is CCCNCC(CCCC1CCCO1)CC(C)C. The van der Waals surface area contributed by atoms with Gasteiger partial charge in [-0.2, -0.15) is 0 Å². The van der Waals surface area contributed by atoms with E-state index < -0.39 is 0 Å². The van der Waals surface area contributed by atoms with Crippen LogP contribution >= 0.6 is 0 Å². The molecule has 1 heterocycles. The van der Waals surface area contributed by atoms with Crippen molar-refractivity contribution in [3.8, 4) is 0 Å². The van der Waals surface area contributed by atoms with Crippen molar-refractivity contribution in [1.82, 2.24) is 5.32 Å². The molecule has 18 heavy (non-hydrogen) atoms. The Morgan fingerprint density at radius 2 is 2.17 bits per heavy atom. The largest absolute Gasteiger partial charge is 0.378 e. The summed E-state index contributed by atoms with van der Waals surface area (Å²) in [6, 6.07) is 0. The molecule has 2 nitrogen and oxygen atoms in total. The fourth-order valence-corrected chi connectivity index (χ4v) is 2.96. The molecule has 0 bridgehead atoms. The third kappa shape index (κ3) is 7.38. The third-order valence-electron chi connectivity index (χ3n) is 3.83. The second-order valence-electron chi connectivity index (χ2n) is 6.27. The Labute approximate surface area is 114 Å². The summed E-state index contributed by atoms with van der Waals surface area (Å²) in [6.45, 7) is 10.3. The van der Waals surface area contributed by atoms with Gasteiger partial charge in [-0.05, 0) is 63.5 Å². The first-order chi connectivity index (χ1) is 8.72. The molecule has 2 heteroatoms.